The van der Waals surface area contributed by atoms with Crippen LogP contribution in [0, 0.1) is 15.9 Å². The van der Waals surface area contributed by atoms with Crippen molar-refractivity contribution in [1.29, 1.82) is 0 Å². The molecule has 0 saturated carbocycles. The molecule has 0 radical (unpaired) electrons. The third kappa shape index (κ3) is 4.23. The van der Waals surface area contributed by atoms with Gasteiger partial charge in [-0.2, -0.15) is 0 Å². The van der Waals surface area contributed by atoms with E-state index in [-0.39, 0.29) is 15.8 Å². The molecular weight excluding hydrogens is 307 g/mol. The van der Waals surface area contributed by atoms with Crippen molar-refractivity contribution in [2.24, 2.45) is 0 Å². The van der Waals surface area contributed by atoms with Crippen LogP contribution in [0.25, 0.3) is 0 Å². The Bertz CT molecular complexity index is 441. The van der Waals surface area contributed by atoms with Gasteiger partial charge in [0.15, 0.2) is 0 Å². The molecule has 1 aromatic rings. The van der Waals surface area contributed by atoms with Crippen molar-refractivity contribution in [3.63, 3.8) is 0 Å². The van der Waals surface area contributed by atoms with Crippen molar-refractivity contribution in [2.45, 2.75) is 25.9 Å². The van der Waals surface area contributed by atoms with Gasteiger partial charge >= 0.3 is 0 Å². The first-order valence-corrected chi connectivity index (χ1v) is 6.26. The van der Waals surface area contributed by atoms with E-state index in [1.54, 1.807) is 6.92 Å². The van der Waals surface area contributed by atoms with Gasteiger partial charge in [-0.3, -0.25) is 10.1 Å². The van der Waals surface area contributed by atoms with Crippen molar-refractivity contribution < 1.29 is 14.4 Å². The van der Waals surface area contributed by atoms with E-state index < -0.39 is 16.8 Å². The number of aliphatic hydroxyl groups is 1. The summed E-state index contributed by atoms with van der Waals surface area (Å²) >= 11 is 2.98. The molecule has 0 aromatic heterocycles. The lowest BCUT2D eigenvalue weighted by atomic mass is 10.2. The van der Waals surface area contributed by atoms with E-state index in [9.17, 15) is 14.5 Å². The van der Waals surface area contributed by atoms with Crippen molar-refractivity contribution >= 4 is 27.3 Å². The van der Waals surface area contributed by atoms with E-state index in [2.05, 4.69) is 21.2 Å². The van der Waals surface area contributed by atoms with Crippen LogP contribution in [0.2, 0.25) is 0 Å². The summed E-state index contributed by atoms with van der Waals surface area (Å²) < 4.78 is 13.4. The molecule has 0 aliphatic rings. The standard InChI is InChI=1S/C11H14BrFN2O3/c1-7(16)3-2-4-14-10-5-8(12)9(13)6-11(10)15(17)18/h5-7,14,16H,2-4H2,1H3. The molecule has 0 fully saturated rings. The van der Waals surface area contributed by atoms with Crippen LogP contribution in [0.1, 0.15) is 19.8 Å². The summed E-state index contributed by atoms with van der Waals surface area (Å²) in [7, 11) is 0. The van der Waals surface area contributed by atoms with Crippen molar-refractivity contribution in [2.75, 3.05) is 11.9 Å². The Kier molecular flexibility index (Phi) is 5.49. The molecular formula is C11H14BrFN2O3. The Morgan fingerprint density at radius 3 is 2.83 bits per heavy atom. The Labute approximate surface area is 112 Å². The summed E-state index contributed by atoms with van der Waals surface area (Å²) in [4.78, 5) is 10.1. The number of aliphatic hydroxyl groups excluding tert-OH is 1. The molecule has 0 amide bonds. The third-order valence-corrected chi connectivity index (χ3v) is 2.96. The summed E-state index contributed by atoms with van der Waals surface area (Å²) in [5.41, 5.74) is -0.0355. The Morgan fingerprint density at radius 1 is 1.61 bits per heavy atom. The zero-order valence-electron chi connectivity index (χ0n) is 9.82. The van der Waals surface area contributed by atoms with Gasteiger partial charge in [0.1, 0.15) is 11.5 Å². The normalized spacial score (nSPS) is 12.2. The number of benzene rings is 1. The lowest BCUT2D eigenvalue weighted by Gasteiger charge is -2.09. The first kappa shape index (κ1) is 14.8. The number of rotatable bonds is 6. The zero-order valence-corrected chi connectivity index (χ0v) is 11.4. The summed E-state index contributed by atoms with van der Waals surface area (Å²) in [5, 5.41) is 22.7. The van der Waals surface area contributed by atoms with Crippen LogP contribution >= 0.6 is 15.9 Å². The maximum absolute atomic E-state index is 13.2. The summed E-state index contributed by atoms with van der Waals surface area (Å²) in [6.07, 6.45) is 0.870. The predicted octanol–water partition coefficient (Wildman–Crippen LogP) is 3.07. The van der Waals surface area contributed by atoms with Gasteiger partial charge in [0.05, 0.1) is 21.6 Å². The fourth-order valence-electron chi connectivity index (χ4n) is 1.45. The largest absolute Gasteiger partial charge is 0.393 e. The molecule has 5 nitrogen and oxygen atoms in total. The van der Waals surface area contributed by atoms with Gasteiger partial charge in [-0.15, -0.1) is 0 Å². The van der Waals surface area contributed by atoms with E-state index in [0.717, 1.165) is 6.07 Å². The highest BCUT2D eigenvalue weighted by atomic mass is 79.9. The summed E-state index contributed by atoms with van der Waals surface area (Å²) in [6, 6.07) is 2.22. The minimum absolute atomic E-state index is 0.172. The monoisotopic (exact) mass is 320 g/mol. The minimum Gasteiger partial charge on any atom is -0.393 e. The maximum Gasteiger partial charge on any atom is 0.295 e. The van der Waals surface area contributed by atoms with Gasteiger partial charge in [0, 0.05) is 6.54 Å². The smallest absolute Gasteiger partial charge is 0.295 e. The number of anilines is 1. The third-order valence-electron chi connectivity index (χ3n) is 2.35. The molecule has 0 spiro atoms. The van der Waals surface area contributed by atoms with Crippen molar-refractivity contribution in [3.05, 3.63) is 32.5 Å². The van der Waals surface area contributed by atoms with Gasteiger partial charge in [0.25, 0.3) is 5.69 Å². The molecule has 18 heavy (non-hydrogen) atoms. The Morgan fingerprint density at radius 2 is 2.28 bits per heavy atom. The first-order chi connectivity index (χ1) is 8.41. The Balaban J connectivity index is 2.74. The summed E-state index contributed by atoms with van der Waals surface area (Å²) in [5.74, 6) is -0.670. The molecule has 1 atom stereocenters. The number of halogens is 2. The highest BCUT2D eigenvalue weighted by Crippen LogP contribution is 2.30. The molecule has 2 N–H and O–H groups in total. The second kappa shape index (κ2) is 6.65. The van der Waals surface area contributed by atoms with Crippen LogP contribution in [0.5, 0.6) is 0 Å². The number of nitro groups is 1. The van der Waals surface area contributed by atoms with Gasteiger partial charge in [-0.25, -0.2) is 4.39 Å². The van der Waals surface area contributed by atoms with Crippen LogP contribution < -0.4 is 5.32 Å². The summed E-state index contributed by atoms with van der Waals surface area (Å²) in [6.45, 7) is 2.15. The van der Waals surface area contributed by atoms with Crippen molar-refractivity contribution in [3.8, 4) is 0 Å². The SMILES string of the molecule is CC(O)CCCNc1cc(Br)c(F)cc1[N+](=O)[O-]. The molecule has 7 heteroatoms. The zero-order chi connectivity index (χ0) is 13.7. The van der Waals surface area contributed by atoms with Crippen LogP contribution in [0.15, 0.2) is 16.6 Å². The number of hydrogen-bond donors (Lipinski definition) is 2. The highest BCUT2D eigenvalue weighted by Gasteiger charge is 2.17. The molecule has 1 unspecified atom stereocenters. The van der Waals surface area contributed by atoms with E-state index >= 15 is 0 Å². The minimum atomic E-state index is -0.670. The number of hydrogen-bond acceptors (Lipinski definition) is 4. The molecule has 0 bridgehead atoms. The van der Waals surface area contributed by atoms with Gasteiger partial charge in [0.2, 0.25) is 0 Å². The second-order valence-electron chi connectivity index (χ2n) is 3.96. The highest BCUT2D eigenvalue weighted by molar-refractivity contribution is 9.10. The molecule has 1 rings (SSSR count). The fraction of sp³-hybridized carbons (Fsp3) is 0.455. The molecule has 0 saturated heterocycles. The molecule has 100 valence electrons. The van der Waals surface area contributed by atoms with E-state index in [0.29, 0.717) is 19.4 Å². The maximum atomic E-state index is 13.2. The van der Waals surface area contributed by atoms with Gasteiger partial charge in [-0.1, -0.05) is 0 Å². The average Bonchev–Trinajstić information content (AvgIpc) is 2.28. The predicted molar refractivity (Wildman–Crippen MR) is 70.2 cm³/mol. The number of nitrogens with one attached hydrogen (secondary N) is 1. The topological polar surface area (TPSA) is 75.4 Å². The lowest BCUT2D eigenvalue weighted by molar-refractivity contribution is -0.384. The van der Waals surface area contributed by atoms with Crippen LogP contribution in [0.4, 0.5) is 15.8 Å². The van der Waals surface area contributed by atoms with E-state index in [1.807, 2.05) is 0 Å². The average molecular weight is 321 g/mol. The van der Waals surface area contributed by atoms with Crippen molar-refractivity contribution in [1.82, 2.24) is 0 Å². The number of nitrogens with zero attached hydrogens (tertiary/aromatic N) is 1. The lowest BCUT2D eigenvalue weighted by Crippen LogP contribution is -2.08. The van der Waals surface area contributed by atoms with Gasteiger partial charge < -0.3 is 10.4 Å². The molecule has 0 aliphatic heterocycles. The number of nitro benzene ring substituents is 1. The van der Waals surface area contributed by atoms with Crippen LogP contribution in [0.3, 0.4) is 0 Å². The Hall–Kier alpha value is -1.21. The van der Waals surface area contributed by atoms with E-state index in [1.165, 1.54) is 6.07 Å². The first-order valence-electron chi connectivity index (χ1n) is 5.47. The van der Waals surface area contributed by atoms with E-state index in [4.69, 9.17) is 5.11 Å². The molecule has 0 aliphatic carbocycles. The molecule has 1 aromatic carbocycles. The van der Waals surface area contributed by atoms with Crippen LogP contribution in [-0.2, 0) is 0 Å². The van der Waals surface area contributed by atoms with Gasteiger partial charge in [-0.05, 0) is 41.8 Å². The second-order valence-corrected chi connectivity index (χ2v) is 4.81. The molecule has 0 heterocycles. The van der Waals surface area contributed by atoms with Crippen LogP contribution in [-0.4, -0.2) is 22.7 Å². The quantitative estimate of drug-likeness (QED) is 0.480. The fourth-order valence-corrected chi connectivity index (χ4v) is 1.79.